The van der Waals surface area contributed by atoms with Crippen LogP contribution in [0.15, 0.2) is 42.6 Å². The Hall–Kier alpha value is -1.38. The summed E-state index contributed by atoms with van der Waals surface area (Å²) in [4.78, 5) is 4.42. The van der Waals surface area contributed by atoms with Gasteiger partial charge in [0.25, 0.3) is 0 Å². The predicted octanol–water partition coefficient (Wildman–Crippen LogP) is 4.24. The van der Waals surface area contributed by atoms with Gasteiger partial charge in [-0.3, -0.25) is 4.98 Å². The van der Waals surface area contributed by atoms with Crippen molar-refractivity contribution in [3.05, 3.63) is 64.4 Å². The van der Waals surface area contributed by atoms with Crippen LogP contribution in [-0.4, -0.2) is 12.0 Å². The predicted molar refractivity (Wildman–Crippen MR) is 85.1 cm³/mol. The minimum Gasteiger partial charge on any atom is -0.308 e. The lowest BCUT2D eigenvalue weighted by Crippen LogP contribution is -2.19. The molecule has 1 aromatic carbocycles. The zero-order valence-electron chi connectivity index (χ0n) is 12.2. The molecule has 0 amide bonds. The number of aromatic nitrogens is 1. The zero-order chi connectivity index (χ0) is 14.5. The molecule has 0 saturated carbocycles. The third-order valence-corrected chi connectivity index (χ3v) is 3.49. The molecule has 20 heavy (non-hydrogen) atoms. The van der Waals surface area contributed by atoms with Gasteiger partial charge in [-0.15, -0.1) is 0 Å². The van der Waals surface area contributed by atoms with Gasteiger partial charge in [0.2, 0.25) is 0 Å². The highest BCUT2D eigenvalue weighted by Crippen LogP contribution is 2.22. The van der Waals surface area contributed by atoms with Crippen molar-refractivity contribution < 1.29 is 0 Å². The lowest BCUT2D eigenvalue weighted by Gasteiger charge is -2.17. The van der Waals surface area contributed by atoms with E-state index in [1.165, 1.54) is 11.1 Å². The molecule has 1 heterocycles. The van der Waals surface area contributed by atoms with Gasteiger partial charge >= 0.3 is 0 Å². The normalized spacial score (nSPS) is 12.7. The first-order chi connectivity index (χ1) is 9.60. The molecule has 2 nitrogen and oxygen atoms in total. The van der Waals surface area contributed by atoms with E-state index in [9.17, 15) is 0 Å². The molecule has 1 unspecified atom stereocenters. The van der Waals surface area contributed by atoms with E-state index in [4.69, 9.17) is 11.6 Å². The Kier molecular flexibility index (Phi) is 5.16. The lowest BCUT2D eigenvalue weighted by atomic mass is 9.97. The van der Waals surface area contributed by atoms with E-state index in [1.54, 1.807) is 6.20 Å². The molecule has 2 aromatic rings. The van der Waals surface area contributed by atoms with Gasteiger partial charge in [-0.25, -0.2) is 0 Å². The van der Waals surface area contributed by atoms with Crippen LogP contribution in [0.2, 0.25) is 5.02 Å². The highest BCUT2D eigenvalue weighted by molar-refractivity contribution is 6.30. The Morgan fingerprint density at radius 1 is 1.20 bits per heavy atom. The molecule has 3 heteroatoms. The number of nitrogens with one attached hydrogen (secondary N) is 1. The van der Waals surface area contributed by atoms with E-state index < -0.39 is 0 Å². The van der Waals surface area contributed by atoms with E-state index in [0.717, 1.165) is 12.1 Å². The van der Waals surface area contributed by atoms with Crippen LogP contribution in [0.4, 0.5) is 0 Å². The largest absolute Gasteiger partial charge is 0.308 e. The molecular formula is C17H21ClN2. The lowest BCUT2D eigenvalue weighted by molar-refractivity contribution is 0.640. The first kappa shape index (κ1) is 15.0. The standard InChI is InChI=1S/C17H21ClN2/c1-12(2)9-13-5-4-6-14(10-13)17(19-3)16-8-7-15(18)11-20-16/h4-8,10-12,17,19H,9H2,1-3H3. The number of rotatable bonds is 5. The number of benzene rings is 1. The van der Waals surface area contributed by atoms with Crippen molar-refractivity contribution >= 4 is 11.6 Å². The van der Waals surface area contributed by atoms with Crippen LogP contribution in [-0.2, 0) is 6.42 Å². The zero-order valence-corrected chi connectivity index (χ0v) is 13.0. The van der Waals surface area contributed by atoms with Crippen LogP contribution in [0.1, 0.15) is 36.7 Å². The van der Waals surface area contributed by atoms with Crippen molar-refractivity contribution in [2.75, 3.05) is 7.05 Å². The summed E-state index contributed by atoms with van der Waals surface area (Å²) >= 11 is 5.91. The van der Waals surface area contributed by atoms with Gasteiger partial charge in [0, 0.05) is 6.20 Å². The molecule has 0 aliphatic rings. The molecule has 1 atom stereocenters. The van der Waals surface area contributed by atoms with Gasteiger partial charge in [-0.05, 0) is 42.6 Å². The van der Waals surface area contributed by atoms with Crippen LogP contribution in [0.3, 0.4) is 0 Å². The van der Waals surface area contributed by atoms with E-state index in [-0.39, 0.29) is 6.04 Å². The van der Waals surface area contributed by atoms with Gasteiger partial charge in [0.1, 0.15) is 0 Å². The van der Waals surface area contributed by atoms with E-state index in [1.807, 2.05) is 19.2 Å². The van der Waals surface area contributed by atoms with Crippen LogP contribution in [0.5, 0.6) is 0 Å². The summed E-state index contributed by atoms with van der Waals surface area (Å²) < 4.78 is 0. The first-order valence-electron chi connectivity index (χ1n) is 6.97. The number of nitrogens with zero attached hydrogens (tertiary/aromatic N) is 1. The number of halogens is 1. The van der Waals surface area contributed by atoms with Crippen molar-refractivity contribution in [3.8, 4) is 0 Å². The Morgan fingerprint density at radius 3 is 2.60 bits per heavy atom. The maximum absolute atomic E-state index is 5.91. The smallest absolute Gasteiger partial charge is 0.0749 e. The van der Waals surface area contributed by atoms with Crippen molar-refractivity contribution in [1.82, 2.24) is 10.3 Å². The summed E-state index contributed by atoms with van der Waals surface area (Å²) in [6.07, 6.45) is 2.79. The van der Waals surface area contributed by atoms with Gasteiger partial charge in [0.05, 0.1) is 16.8 Å². The molecule has 0 saturated heterocycles. The van der Waals surface area contributed by atoms with Crippen LogP contribution < -0.4 is 5.32 Å². The average molecular weight is 289 g/mol. The van der Waals surface area contributed by atoms with Gasteiger partial charge in [-0.1, -0.05) is 49.7 Å². The molecule has 106 valence electrons. The maximum Gasteiger partial charge on any atom is 0.0749 e. The summed E-state index contributed by atoms with van der Waals surface area (Å²) in [6.45, 7) is 4.48. The van der Waals surface area contributed by atoms with E-state index >= 15 is 0 Å². The second kappa shape index (κ2) is 6.87. The fourth-order valence-electron chi connectivity index (χ4n) is 2.41. The Labute approximate surface area is 126 Å². The molecule has 0 bridgehead atoms. The quantitative estimate of drug-likeness (QED) is 0.890. The van der Waals surface area contributed by atoms with Crippen LogP contribution >= 0.6 is 11.6 Å². The highest BCUT2D eigenvalue weighted by atomic mass is 35.5. The second-order valence-electron chi connectivity index (χ2n) is 5.47. The Bertz CT molecular complexity index is 549. The SMILES string of the molecule is CNC(c1cccc(CC(C)C)c1)c1ccc(Cl)cn1. The van der Waals surface area contributed by atoms with Crippen molar-refractivity contribution in [2.45, 2.75) is 26.3 Å². The molecule has 0 radical (unpaired) electrons. The molecule has 1 aromatic heterocycles. The molecule has 0 aliphatic carbocycles. The van der Waals surface area contributed by atoms with E-state index in [0.29, 0.717) is 10.9 Å². The van der Waals surface area contributed by atoms with Gasteiger partial charge in [-0.2, -0.15) is 0 Å². The molecular weight excluding hydrogens is 268 g/mol. The summed E-state index contributed by atoms with van der Waals surface area (Å²) in [7, 11) is 1.95. The van der Waals surface area contributed by atoms with Crippen molar-refractivity contribution in [2.24, 2.45) is 5.92 Å². The van der Waals surface area contributed by atoms with Crippen molar-refractivity contribution in [1.29, 1.82) is 0 Å². The summed E-state index contributed by atoms with van der Waals surface area (Å²) in [5.41, 5.74) is 3.59. The minimum absolute atomic E-state index is 0.0966. The molecule has 0 aliphatic heterocycles. The molecule has 1 N–H and O–H groups in total. The number of hydrogen-bond donors (Lipinski definition) is 1. The van der Waals surface area contributed by atoms with Crippen LogP contribution in [0.25, 0.3) is 0 Å². The summed E-state index contributed by atoms with van der Waals surface area (Å²) in [5, 5.41) is 3.99. The summed E-state index contributed by atoms with van der Waals surface area (Å²) in [6, 6.07) is 12.7. The number of pyridine rings is 1. The first-order valence-corrected chi connectivity index (χ1v) is 7.35. The van der Waals surface area contributed by atoms with E-state index in [2.05, 4.69) is 48.4 Å². The van der Waals surface area contributed by atoms with Crippen LogP contribution in [0, 0.1) is 5.92 Å². The molecule has 2 rings (SSSR count). The second-order valence-corrected chi connectivity index (χ2v) is 5.90. The average Bonchev–Trinajstić information content (AvgIpc) is 2.41. The molecule has 0 spiro atoms. The Balaban J connectivity index is 2.29. The monoisotopic (exact) mass is 288 g/mol. The highest BCUT2D eigenvalue weighted by Gasteiger charge is 2.13. The topological polar surface area (TPSA) is 24.9 Å². The van der Waals surface area contributed by atoms with Gasteiger partial charge in [0.15, 0.2) is 0 Å². The van der Waals surface area contributed by atoms with Gasteiger partial charge < -0.3 is 5.32 Å². The third-order valence-electron chi connectivity index (χ3n) is 3.26. The minimum atomic E-state index is 0.0966. The Morgan fingerprint density at radius 2 is 2.00 bits per heavy atom. The number of hydrogen-bond acceptors (Lipinski definition) is 2. The third kappa shape index (κ3) is 3.81. The maximum atomic E-state index is 5.91. The fourth-order valence-corrected chi connectivity index (χ4v) is 2.53. The van der Waals surface area contributed by atoms with Crippen molar-refractivity contribution in [3.63, 3.8) is 0 Å². The fraction of sp³-hybridized carbons (Fsp3) is 0.353. The molecule has 0 fully saturated rings. The summed E-state index contributed by atoms with van der Waals surface area (Å²) in [5.74, 6) is 0.659.